The molecular weight excluding hydrogens is 362 g/mol. The van der Waals surface area contributed by atoms with Crippen LogP contribution in [-0.2, 0) is 6.54 Å². The van der Waals surface area contributed by atoms with Crippen molar-refractivity contribution < 1.29 is 4.39 Å². The van der Waals surface area contributed by atoms with Gasteiger partial charge in [-0.25, -0.2) is 14.4 Å². The molecule has 23 heavy (non-hydrogen) atoms. The number of benzene rings is 1. The van der Waals surface area contributed by atoms with Crippen molar-refractivity contribution in [3.05, 3.63) is 51.2 Å². The minimum atomic E-state index is -0.468. The summed E-state index contributed by atoms with van der Waals surface area (Å²) in [6.45, 7) is 2.94. The SMILES string of the molecule is Cc1cc2c(Cl)cc(Cl)c(F)c2n1CCNc1cc(Cl)ncn1. The third kappa shape index (κ3) is 3.22. The van der Waals surface area contributed by atoms with Gasteiger partial charge in [0.2, 0.25) is 0 Å². The van der Waals surface area contributed by atoms with E-state index < -0.39 is 5.82 Å². The van der Waals surface area contributed by atoms with Crippen LogP contribution in [0, 0.1) is 12.7 Å². The molecule has 0 radical (unpaired) electrons. The topological polar surface area (TPSA) is 42.7 Å². The van der Waals surface area contributed by atoms with E-state index in [1.807, 2.05) is 17.6 Å². The van der Waals surface area contributed by atoms with Gasteiger partial charge in [0.15, 0.2) is 5.82 Å². The van der Waals surface area contributed by atoms with Crippen LogP contribution in [0.5, 0.6) is 0 Å². The van der Waals surface area contributed by atoms with Gasteiger partial charge in [-0.2, -0.15) is 0 Å². The summed E-state index contributed by atoms with van der Waals surface area (Å²) >= 11 is 17.9. The van der Waals surface area contributed by atoms with Gasteiger partial charge in [0.25, 0.3) is 0 Å². The van der Waals surface area contributed by atoms with Gasteiger partial charge in [-0.15, -0.1) is 0 Å². The molecular formula is C15H12Cl3FN4. The maximum absolute atomic E-state index is 14.4. The normalized spacial score (nSPS) is 11.2. The smallest absolute Gasteiger partial charge is 0.166 e. The molecule has 0 saturated carbocycles. The predicted molar refractivity (Wildman–Crippen MR) is 92.2 cm³/mol. The van der Waals surface area contributed by atoms with Gasteiger partial charge in [0, 0.05) is 30.2 Å². The first-order chi connectivity index (χ1) is 11.0. The highest BCUT2D eigenvalue weighted by Crippen LogP contribution is 2.33. The third-order valence-electron chi connectivity index (χ3n) is 3.51. The van der Waals surface area contributed by atoms with Crippen molar-refractivity contribution in [3.63, 3.8) is 0 Å². The lowest BCUT2D eigenvalue weighted by Crippen LogP contribution is -2.12. The molecule has 0 bridgehead atoms. The average Bonchev–Trinajstić information content (AvgIpc) is 2.83. The zero-order chi connectivity index (χ0) is 16.6. The summed E-state index contributed by atoms with van der Waals surface area (Å²) in [5.74, 6) is 0.139. The second-order valence-corrected chi connectivity index (χ2v) is 6.21. The fourth-order valence-corrected chi connectivity index (χ4v) is 3.13. The van der Waals surface area contributed by atoms with Gasteiger partial charge in [-0.1, -0.05) is 34.8 Å². The minimum absolute atomic E-state index is 0.0115. The van der Waals surface area contributed by atoms with Crippen LogP contribution in [0.15, 0.2) is 24.5 Å². The molecule has 0 atom stereocenters. The van der Waals surface area contributed by atoms with Crippen LogP contribution in [-0.4, -0.2) is 21.1 Å². The summed E-state index contributed by atoms with van der Waals surface area (Å²) in [5.41, 5.74) is 1.30. The molecule has 8 heteroatoms. The van der Waals surface area contributed by atoms with Gasteiger partial charge in [-0.3, -0.25) is 0 Å². The number of aromatic nitrogens is 3. The molecule has 0 aliphatic heterocycles. The maximum Gasteiger partial charge on any atom is 0.166 e. The van der Waals surface area contributed by atoms with Crippen LogP contribution in [0.4, 0.5) is 10.2 Å². The molecule has 0 aliphatic carbocycles. The first kappa shape index (κ1) is 16.3. The zero-order valence-electron chi connectivity index (χ0n) is 12.1. The zero-order valence-corrected chi connectivity index (χ0v) is 14.3. The Hall–Kier alpha value is -1.56. The van der Waals surface area contributed by atoms with Crippen LogP contribution in [0.25, 0.3) is 10.9 Å². The van der Waals surface area contributed by atoms with Crippen molar-refractivity contribution in [1.82, 2.24) is 14.5 Å². The summed E-state index contributed by atoms with van der Waals surface area (Å²) in [6.07, 6.45) is 1.38. The minimum Gasteiger partial charge on any atom is -0.368 e. The third-order valence-corrected chi connectivity index (χ3v) is 4.30. The Kier molecular flexibility index (Phi) is 4.62. The maximum atomic E-state index is 14.4. The van der Waals surface area contributed by atoms with Crippen molar-refractivity contribution in [1.29, 1.82) is 0 Å². The van der Waals surface area contributed by atoms with Gasteiger partial charge in [-0.05, 0) is 19.1 Å². The molecule has 0 amide bonds. The van der Waals surface area contributed by atoms with E-state index >= 15 is 0 Å². The van der Waals surface area contributed by atoms with Crippen LogP contribution in [0.3, 0.4) is 0 Å². The standard InChI is InChI=1S/C15H12Cl3FN4/c1-8-4-9-10(16)5-11(17)14(19)15(9)23(8)3-2-20-13-6-12(18)21-7-22-13/h4-7H,2-3H2,1H3,(H,20,21,22). The molecule has 1 N–H and O–H groups in total. The highest BCUT2D eigenvalue weighted by molar-refractivity contribution is 6.38. The highest BCUT2D eigenvalue weighted by atomic mass is 35.5. The van der Waals surface area contributed by atoms with Crippen molar-refractivity contribution in [2.45, 2.75) is 13.5 Å². The number of hydrogen-bond acceptors (Lipinski definition) is 3. The summed E-state index contributed by atoms with van der Waals surface area (Å²) in [5, 5.41) is 4.57. The molecule has 0 aliphatic rings. The van der Waals surface area contributed by atoms with E-state index in [2.05, 4.69) is 15.3 Å². The van der Waals surface area contributed by atoms with Crippen molar-refractivity contribution in [3.8, 4) is 0 Å². The summed E-state index contributed by atoms with van der Waals surface area (Å²) < 4.78 is 16.2. The van der Waals surface area contributed by atoms with Crippen molar-refractivity contribution in [2.75, 3.05) is 11.9 Å². The molecule has 2 heterocycles. The molecule has 2 aromatic heterocycles. The van der Waals surface area contributed by atoms with Crippen LogP contribution in [0.1, 0.15) is 5.69 Å². The van der Waals surface area contributed by atoms with E-state index in [0.29, 0.717) is 40.0 Å². The molecule has 0 fully saturated rings. The largest absolute Gasteiger partial charge is 0.368 e. The predicted octanol–water partition coefficient (Wildman–Crippen LogP) is 4.95. The van der Waals surface area contributed by atoms with E-state index in [0.717, 1.165) is 5.69 Å². The lowest BCUT2D eigenvalue weighted by Gasteiger charge is -2.11. The average molecular weight is 374 g/mol. The number of anilines is 1. The fraction of sp³-hybridized carbons (Fsp3) is 0.200. The fourth-order valence-electron chi connectivity index (χ4n) is 2.48. The van der Waals surface area contributed by atoms with Gasteiger partial charge < -0.3 is 9.88 Å². The van der Waals surface area contributed by atoms with Crippen molar-refractivity contribution >= 4 is 51.5 Å². The summed E-state index contributed by atoms with van der Waals surface area (Å²) in [7, 11) is 0. The van der Waals surface area contributed by atoms with Crippen molar-refractivity contribution in [2.24, 2.45) is 0 Å². The second kappa shape index (κ2) is 6.51. The Morgan fingerprint density at radius 1 is 1.13 bits per heavy atom. The van der Waals surface area contributed by atoms with Crippen LogP contribution < -0.4 is 5.32 Å². The van der Waals surface area contributed by atoms with Gasteiger partial charge in [0.05, 0.1) is 15.6 Å². The van der Waals surface area contributed by atoms with Crippen LogP contribution >= 0.6 is 34.8 Å². The number of nitrogens with one attached hydrogen (secondary N) is 1. The van der Waals surface area contributed by atoms with Gasteiger partial charge >= 0.3 is 0 Å². The first-order valence-electron chi connectivity index (χ1n) is 6.82. The number of hydrogen-bond donors (Lipinski definition) is 1. The lowest BCUT2D eigenvalue weighted by atomic mass is 10.2. The Morgan fingerprint density at radius 2 is 1.91 bits per heavy atom. The summed E-state index contributed by atoms with van der Waals surface area (Å²) in [4.78, 5) is 7.87. The van der Waals surface area contributed by atoms with E-state index in [4.69, 9.17) is 34.8 Å². The number of nitrogens with zero attached hydrogens (tertiary/aromatic N) is 3. The number of aryl methyl sites for hydroxylation is 1. The van der Waals surface area contributed by atoms with Gasteiger partial charge in [0.1, 0.15) is 17.3 Å². The van der Waals surface area contributed by atoms with E-state index in [1.54, 1.807) is 6.07 Å². The number of rotatable bonds is 4. The molecule has 3 rings (SSSR count). The van der Waals surface area contributed by atoms with E-state index in [-0.39, 0.29) is 5.02 Å². The molecule has 0 spiro atoms. The van der Waals surface area contributed by atoms with E-state index in [9.17, 15) is 4.39 Å². The monoisotopic (exact) mass is 372 g/mol. The molecule has 0 unspecified atom stereocenters. The number of halogens is 4. The summed E-state index contributed by atoms with van der Waals surface area (Å²) in [6, 6.07) is 4.89. The Bertz CT molecular complexity index is 879. The first-order valence-corrected chi connectivity index (χ1v) is 7.95. The Balaban J connectivity index is 1.87. The lowest BCUT2D eigenvalue weighted by molar-refractivity contribution is 0.622. The second-order valence-electron chi connectivity index (χ2n) is 5.01. The molecule has 1 aromatic carbocycles. The number of fused-ring (bicyclic) bond motifs is 1. The molecule has 4 nitrogen and oxygen atoms in total. The van der Waals surface area contributed by atoms with Crippen LogP contribution in [0.2, 0.25) is 15.2 Å². The quantitative estimate of drug-likeness (QED) is 0.520. The highest BCUT2D eigenvalue weighted by Gasteiger charge is 2.16. The molecule has 0 saturated heterocycles. The molecule has 120 valence electrons. The molecule has 3 aromatic rings. The van der Waals surface area contributed by atoms with E-state index in [1.165, 1.54) is 12.4 Å². The Morgan fingerprint density at radius 3 is 2.65 bits per heavy atom. The Labute approximate surface area is 147 Å².